The highest BCUT2D eigenvalue weighted by molar-refractivity contribution is 7.20. The first kappa shape index (κ1) is 13.8. The molecule has 0 atom stereocenters. The number of nitrogens with zero attached hydrogens (tertiary/aromatic N) is 1. The highest BCUT2D eigenvalue weighted by Gasteiger charge is 2.07. The molecule has 0 N–H and O–H groups in total. The van der Waals surface area contributed by atoms with E-state index in [-0.39, 0.29) is 6.61 Å². The first-order chi connectivity index (χ1) is 10.3. The number of ether oxygens (including phenoxy) is 1. The molecule has 0 amide bonds. The van der Waals surface area contributed by atoms with Gasteiger partial charge in [-0.1, -0.05) is 6.07 Å². The summed E-state index contributed by atoms with van der Waals surface area (Å²) in [7, 11) is 0. The second-order valence-electron chi connectivity index (χ2n) is 4.08. The van der Waals surface area contributed by atoms with Gasteiger partial charge in [0.05, 0.1) is 16.8 Å². The van der Waals surface area contributed by atoms with Crippen molar-refractivity contribution in [3.63, 3.8) is 0 Å². The Bertz CT molecular complexity index is 727. The van der Waals surface area contributed by atoms with Gasteiger partial charge in [0.25, 0.3) is 0 Å². The van der Waals surface area contributed by atoms with E-state index in [9.17, 15) is 4.79 Å². The second kappa shape index (κ2) is 6.51. The van der Waals surface area contributed by atoms with Crippen molar-refractivity contribution in [1.82, 2.24) is 4.98 Å². The molecule has 0 unspecified atom stereocenters. The summed E-state index contributed by atoms with van der Waals surface area (Å²) < 4.78 is 10.2. The smallest absolute Gasteiger partial charge is 0.331 e. The van der Waals surface area contributed by atoms with Gasteiger partial charge in [-0.2, -0.15) is 0 Å². The van der Waals surface area contributed by atoms with Gasteiger partial charge in [-0.25, -0.2) is 9.78 Å². The van der Waals surface area contributed by atoms with Gasteiger partial charge < -0.3 is 9.15 Å². The Hall–Kier alpha value is -2.18. The Kier molecular flexibility index (Phi) is 4.28. The van der Waals surface area contributed by atoms with Crippen molar-refractivity contribution in [2.24, 2.45) is 0 Å². The van der Waals surface area contributed by atoms with Crippen molar-refractivity contribution in [2.75, 3.05) is 0 Å². The molecule has 21 heavy (non-hydrogen) atoms. The third kappa shape index (κ3) is 3.68. The molecule has 106 valence electrons. The number of carbonyl (C=O) groups excluding carboxylic acids is 1. The molecule has 3 aromatic rings. The van der Waals surface area contributed by atoms with Crippen LogP contribution in [0.15, 0.2) is 51.8 Å². The zero-order valence-corrected chi connectivity index (χ0v) is 12.5. The Morgan fingerprint density at radius 1 is 1.33 bits per heavy atom. The predicted octanol–water partition coefficient (Wildman–Crippen LogP) is 4.22. The van der Waals surface area contributed by atoms with Crippen LogP contribution >= 0.6 is 22.7 Å². The minimum atomic E-state index is -0.419. The Morgan fingerprint density at radius 3 is 3.05 bits per heavy atom. The van der Waals surface area contributed by atoms with E-state index in [1.165, 1.54) is 6.08 Å². The summed E-state index contributed by atoms with van der Waals surface area (Å²) in [6.07, 6.45) is 4.46. The lowest BCUT2D eigenvalue weighted by Crippen LogP contribution is -2.00. The highest BCUT2D eigenvalue weighted by Crippen LogP contribution is 2.27. The molecular weight excluding hydrogens is 306 g/mol. The van der Waals surface area contributed by atoms with Crippen molar-refractivity contribution in [1.29, 1.82) is 0 Å². The van der Waals surface area contributed by atoms with Crippen molar-refractivity contribution < 1.29 is 13.9 Å². The van der Waals surface area contributed by atoms with E-state index in [1.54, 1.807) is 47.1 Å². The molecule has 0 radical (unpaired) electrons. The lowest BCUT2D eigenvalue weighted by Gasteiger charge is -1.97. The molecule has 0 aliphatic heterocycles. The standard InChI is InChI=1S/C15H11NO3S2/c17-14(6-5-12-3-1-7-18-12)19-9-11-10-21-15(16-11)13-4-2-8-20-13/h1-8,10H,9H2/b6-5+. The van der Waals surface area contributed by atoms with Gasteiger partial charge >= 0.3 is 5.97 Å². The van der Waals surface area contributed by atoms with Crippen LogP contribution in [-0.2, 0) is 16.1 Å². The molecule has 0 bridgehead atoms. The summed E-state index contributed by atoms with van der Waals surface area (Å²) in [5, 5.41) is 4.86. The van der Waals surface area contributed by atoms with Crippen LogP contribution in [0.3, 0.4) is 0 Å². The molecule has 6 heteroatoms. The quantitative estimate of drug-likeness (QED) is 0.522. The molecule has 3 rings (SSSR count). The van der Waals surface area contributed by atoms with Crippen LogP contribution in [0, 0.1) is 0 Å². The topological polar surface area (TPSA) is 52.3 Å². The number of hydrogen-bond donors (Lipinski definition) is 0. The van der Waals surface area contributed by atoms with Crippen LogP contribution in [0.4, 0.5) is 0 Å². The van der Waals surface area contributed by atoms with E-state index in [4.69, 9.17) is 9.15 Å². The molecule has 0 saturated carbocycles. The summed E-state index contributed by atoms with van der Waals surface area (Å²) in [5.41, 5.74) is 0.753. The number of thiazole rings is 1. The van der Waals surface area contributed by atoms with Crippen LogP contribution in [-0.4, -0.2) is 11.0 Å². The molecule has 0 saturated heterocycles. The van der Waals surface area contributed by atoms with E-state index in [2.05, 4.69) is 4.98 Å². The van der Waals surface area contributed by atoms with Gasteiger partial charge in [0.15, 0.2) is 0 Å². The van der Waals surface area contributed by atoms with E-state index in [0.29, 0.717) is 5.76 Å². The number of rotatable bonds is 5. The van der Waals surface area contributed by atoms with Crippen LogP contribution in [0.25, 0.3) is 16.0 Å². The Morgan fingerprint density at radius 2 is 2.29 bits per heavy atom. The monoisotopic (exact) mass is 317 g/mol. The number of thiophene rings is 1. The summed E-state index contributed by atoms with van der Waals surface area (Å²) in [4.78, 5) is 17.1. The maximum absolute atomic E-state index is 11.6. The maximum atomic E-state index is 11.6. The molecule has 0 aliphatic carbocycles. The zero-order chi connectivity index (χ0) is 14.5. The molecular formula is C15H11NO3S2. The van der Waals surface area contributed by atoms with E-state index >= 15 is 0 Å². The minimum absolute atomic E-state index is 0.170. The van der Waals surface area contributed by atoms with E-state index < -0.39 is 5.97 Å². The number of esters is 1. The molecule has 0 aromatic carbocycles. The van der Waals surface area contributed by atoms with Gasteiger partial charge in [-0.3, -0.25) is 0 Å². The third-order valence-corrected chi connectivity index (χ3v) is 4.50. The highest BCUT2D eigenvalue weighted by atomic mass is 32.1. The third-order valence-electron chi connectivity index (χ3n) is 2.57. The SMILES string of the molecule is O=C(/C=C/c1ccco1)OCc1csc(-c2cccs2)n1. The van der Waals surface area contributed by atoms with Gasteiger partial charge in [-0.15, -0.1) is 22.7 Å². The van der Waals surface area contributed by atoms with Crippen LogP contribution < -0.4 is 0 Å². The molecule has 0 spiro atoms. The molecule has 0 fully saturated rings. The lowest BCUT2D eigenvalue weighted by molar-refractivity contribution is -0.139. The van der Waals surface area contributed by atoms with Gasteiger partial charge in [0.1, 0.15) is 17.4 Å². The number of aromatic nitrogens is 1. The molecule has 4 nitrogen and oxygen atoms in total. The van der Waals surface area contributed by atoms with E-state index in [1.807, 2.05) is 22.9 Å². The van der Waals surface area contributed by atoms with Crippen molar-refractivity contribution >= 4 is 34.7 Å². The number of furan rings is 1. The summed E-state index contributed by atoms with van der Waals surface area (Å²) in [6.45, 7) is 0.170. The van der Waals surface area contributed by atoms with Crippen LogP contribution in [0.2, 0.25) is 0 Å². The Balaban J connectivity index is 1.54. The molecule has 3 aromatic heterocycles. The van der Waals surface area contributed by atoms with Crippen molar-refractivity contribution in [2.45, 2.75) is 6.61 Å². The van der Waals surface area contributed by atoms with Crippen molar-refractivity contribution in [3.8, 4) is 9.88 Å². The fourth-order valence-corrected chi connectivity index (χ4v) is 3.23. The summed E-state index contributed by atoms with van der Waals surface area (Å²) >= 11 is 3.18. The second-order valence-corrected chi connectivity index (χ2v) is 5.88. The average molecular weight is 317 g/mol. The Labute approximate surface area is 129 Å². The largest absolute Gasteiger partial charge is 0.465 e. The van der Waals surface area contributed by atoms with Crippen LogP contribution in [0.1, 0.15) is 11.5 Å². The lowest BCUT2D eigenvalue weighted by atomic mass is 10.4. The normalized spacial score (nSPS) is 11.0. The van der Waals surface area contributed by atoms with Gasteiger partial charge in [0.2, 0.25) is 0 Å². The molecule has 0 aliphatic rings. The molecule has 3 heterocycles. The fraction of sp³-hybridized carbons (Fsp3) is 0.0667. The van der Waals surface area contributed by atoms with E-state index in [0.717, 1.165) is 15.6 Å². The van der Waals surface area contributed by atoms with Crippen molar-refractivity contribution in [3.05, 3.63) is 58.8 Å². The van der Waals surface area contributed by atoms with Gasteiger partial charge in [-0.05, 0) is 29.7 Å². The fourth-order valence-electron chi connectivity index (χ4n) is 1.62. The van der Waals surface area contributed by atoms with Gasteiger partial charge in [0, 0.05) is 11.5 Å². The number of carbonyl (C=O) groups is 1. The van der Waals surface area contributed by atoms with Crippen LogP contribution in [0.5, 0.6) is 0 Å². The first-order valence-corrected chi connectivity index (χ1v) is 7.94. The summed E-state index contributed by atoms with van der Waals surface area (Å²) in [6, 6.07) is 7.52. The summed E-state index contributed by atoms with van der Waals surface area (Å²) in [5.74, 6) is 0.192. The predicted molar refractivity (Wildman–Crippen MR) is 83.0 cm³/mol. The minimum Gasteiger partial charge on any atom is -0.465 e. The maximum Gasteiger partial charge on any atom is 0.331 e. The first-order valence-electron chi connectivity index (χ1n) is 6.18. The average Bonchev–Trinajstić information content (AvgIpc) is 3.24. The zero-order valence-electron chi connectivity index (χ0n) is 10.9. The number of hydrogen-bond acceptors (Lipinski definition) is 6.